The second-order valence-electron chi connectivity index (χ2n) is 4.98. The molecule has 122 valence electrons. The minimum Gasteiger partial charge on any atom is -0.485 e. The van der Waals surface area contributed by atoms with Gasteiger partial charge in [0.15, 0.2) is 11.5 Å². The van der Waals surface area contributed by atoms with E-state index in [-0.39, 0.29) is 18.6 Å². The number of para-hydroxylation sites is 2. The van der Waals surface area contributed by atoms with E-state index in [4.69, 9.17) is 25.8 Å². The average molecular weight is 354 g/mol. The second kappa shape index (κ2) is 7.21. The van der Waals surface area contributed by atoms with E-state index in [1.165, 1.54) is 11.3 Å². The molecule has 7 heteroatoms. The van der Waals surface area contributed by atoms with Crippen LogP contribution in [0.1, 0.15) is 11.0 Å². The van der Waals surface area contributed by atoms with E-state index in [1.54, 1.807) is 13.2 Å². The lowest BCUT2D eigenvalue weighted by Crippen LogP contribution is -2.45. The minimum atomic E-state index is -0.672. The third kappa shape index (κ3) is 3.77. The molecular formula is C16H16ClNO4S. The van der Waals surface area contributed by atoms with Crippen molar-refractivity contribution >= 4 is 28.8 Å². The van der Waals surface area contributed by atoms with E-state index in [0.29, 0.717) is 22.4 Å². The number of benzene rings is 1. The topological polar surface area (TPSA) is 56.8 Å². The van der Waals surface area contributed by atoms with Crippen LogP contribution in [0, 0.1) is 0 Å². The number of hydrogen-bond donors (Lipinski definition) is 1. The van der Waals surface area contributed by atoms with Gasteiger partial charge < -0.3 is 19.5 Å². The number of amides is 1. The lowest BCUT2D eigenvalue weighted by molar-refractivity contribution is -0.130. The Morgan fingerprint density at radius 3 is 2.87 bits per heavy atom. The van der Waals surface area contributed by atoms with Crippen molar-refractivity contribution in [2.45, 2.75) is 12.2 Å². The summed E-state index contributed by atoms with van der Waals surface area (Å²) < 4.78 is 17.3. The first-order chi connectivity index (χ1) is 11.2. The molecule has 0 unspecified atom stereocenters. The minimum absolute atomic E-state index is 0.186. The number of rotatable bonds is 5. The van der Waals surface area contributed by atoms with E-state index in [9.17, 15) is 4.79 Å². The molecule has 0 saturated carbocycles. The molecule has 0 radical (unpaired) electrons. The Bertz CT molecular complexity index is 690. The van der Waals surface area contributed by atoms with Gasteiger partial charge in [0.2, 0.25) is 6.10 Å². The van der Waals surface area contributed by atoms with Crippen molar-refractivity contribution in [2.24, 2.45) is 0 Å². The van der Waals surface area contributed by atoms with Gasteiger partial charge in [0.05, 0.1) is 4.34 Å². The number of fused-ring (bicyclic) bond motifs is 1. The molecule has 0 fully saturated rings. The van der Waals surface area contributed by atoms with E-state index in [0.717, 1.165) is 4.88 Å². The summed E-state index contributed by atoms with van der Waals surface area (Å²) in [4.78, 5) is 13.2. The predicted molar refractivity (Wildman–Crippen MR) is 88.4 cm³/mol. The third-order valence-electron chi connectivity index (χ3n) is 3.46. The first-order valence-electron chi connectivity index (χ1n) is 7.11. The first kappa shape index (κ1) is 16.1. The van der Waals surface area contributed by atoms with Crippen LogP contribution in [0.25, 0.3) is 0 Å². The molecule has 1 amide bonds. The van der Waals surface area contributed by atoms with Crippen LogP contribution in [0.4, 0.5) is 0 Å². The predicted octanol–water partition coefficient (Wildman–Crippen LogP) is 3.05. The average Bonchev–Trinajstić information content (AvgIpc) is 3.01. The lowest BCUT2D eigenvalue weighted by atomic mass is 10.2. The van der Waals surface area contributed by atoms with E-state index in [2.05, 4.69) is 5.32 Å². The van der Waals surface area contributed by atoms with Crippen LogP contribution in [0.3, 0.4) is 0 Å². The maximum Gasteiger partial charge on any atom is 0.264 e. The van der Waals surface area contributed by atoms with Crippen molar-refractivity contribution in [1.29, 1.82) is 0 Å². The third-order valence-corrected chi connectivity index (χ3v) is 4.78. The zero-order chi connectivity index (χ0) is 16.2. The van der Waals surface area contributed by atoms with Gasteiger partial charge in [-0.2, -0.15) is 0 Å². The van der Waals surface area contributed by atoms with Crippen LogP contribution in [-0.4, -0.2) is 32.3 Å². The molecule has 1 aliphatic rings. The molecule has 0 spiro atoms. The summed E-state index contributed by atoms with van der Waals surface area (Å²) >= 11 is 7.36. The smallest absolute Gasteiger partial charge is 0.264 e. The highest BCUT2D eigenvalue weighted by atomic mass is 35.5. The molecule has 0 aliphatic carbocycles. The number of nitrogens with one attached hydrogen (secondary N) is 1. The molecule has 0 saturated heterocycles. The second-order valence-corrected chi connectivity index (χ2v) is 6.72. The molecule has 2 heterocycles. The normalized spacial score (nSPS) is 17.6. The summed E-state index contributed by atoms with van der Waals surface area (Å²) in [5.74, 6) is 0.996. The molecule has 1 aliphatic heterocycles. The fourth-order valence-corrected chi connectivity index (χ4v) is 3.40. The molecule has 3 rings (SSSR count). The van der Waals surface area contributed by atoms with Gasteiger partial charge in [0.25, 0.3) is 5.91 Å². The van der Waals surface area contributed by atoms with Crippen LogP contribution in [0.2, 0.25) is 4.34 Å². The summed E-state index contributed by atoms with van der Waals surface area (Å²) in [5, 5.41) is 2.84. The van der Waals surface area contributed by atoms with Crippen LogP contribution in [-0.2, 0) is 9.53 Å². The van der Waals surface area contributed by atoms with Crippen LogP contribution in [0.15, 0.2) is 36.4 Å². The maximum atomic E-state index is 12.3. The van der Waals surface area contributed by atoms with Crippen molar-refractivity contribution in [3.63, 3.8) is 0 Å². The molecule has 0 bridgehead atoms. The van der Waals surface area contributed by atoms with E-state index >= 15 is 0 Å². The Hall–Kier alpha value is -1.76. The van der Waals surface area contributed by atoms with Gasteiger partial charge >= 0.3 is 0 Å². The van der Waals surface area contributed by atoms with Crippen molar-refractivity contribution in [2.75, 3.05) is 20.3 Å². The number of carbonyl (C=O) groups is 1. The maximum absolute atomic E-state index is 12.3. The van der Waals surface area contributed by atoms with Crippen LogP contribution < -0.4 is 14.8 Å². The lowest BCUT2D eigenvalue weighted by Gasteiger charge is -2.26. The molecule has 1 aromatic carbocycles. The zero-order valence-corrected chi connectivity index (χ0v) is 14.0. The zero-order valence-electron chi connectivity index (χ0n) is 12.5. The first-order valence-corrected chi connectivity index (χ1v) is 8.31. The molecule has 1 aromatic heterocycles. The van der Waals surface area contributed by atoms with Crippen LogP contribution >= 0.6 is 22.9 Å². The highest BCUT2D eigenvalue weighted by Crippen LogP contribution is 2.31. The number of carbonyl (C=O) groups excluding carboxylic acids is 1. The van der Waals surface area contributed by atoms with Crippen molar-refractivity contribution in [3.05, 3.63) is 45.6 Å². The number of hydrogen-bond acceptors (Lipinski definition) is 5. The molecule has 23 heavy (non-hydrogen) atoms. The highest BCUT2D eigenvalue weighted by Gasteiger charge is 2.27. The van der Waals surface area contributed by atoms with Crippen molar-refractivity contribution < 1.29 is 19.0 Å². The van der Waals surface area contributed by atoms with Gasteiger partial charge in [-0.25, -0.2) is 0 Å². The van der Waals surface area contributed by atoms with Gasteiger partial charge in [0, 0.05) is 18.5 Å². The molecule has 5 nitrogen and oxygen atoms in total. The van der Waals surface area contributed by atoms with Gasteiger partial charge in [-0.05, 0) is 24.3 Å². The van der Waals surface area contributed by atoms with E-state index in [1.807, 2.05) is 30.3 Å². The van der Waals surface area contributed by atoms with Gasteiger partial charge in [0.1, 0.15) is 12.7 Å². The number of thiophene rings is 1. The summed E-state index contributed by atoms with van der Waals surface area (Å²) in [6.45, 7) is 0.527. The Balaban J connectivity index is 1.57. The Kier molecular flexibility index (Phi) is 5.05. The number of methoxy groups -OCH3 is 1. The largest absolute Gasteiger partial charge is 0.485 e. The molecule has 2 atom stereocenters. The van der Waals surface area contributed by atoms with Gasteiger partial charge in [-0.1, -0.05) is 23.7 Å². The molecular weight excluding hydrogens is 338 g/mol. The number of ether oxygens (including phenoxy) is 3. The Morgan fingerprint density at radius 1 is 1.39 bits per heavy atom. The fourth-order valence-electron chi connectivity index (χ4n) is 2.26. The quantitative estimate of drug-likeness (QED) is 0.897. The molecule has 2 aromatic rings. The molecule has 1 N–H and O–H groups in total. The summed E-state index contributed by atoms with van der Waals surface area (Å²) in [6, 6.07) is 11.0. The van der Waals surface area contributed by atoms with E-state index < -0.39 is 6.10 Å². The Morgan fingerprint density at radius 2 is 2.17 bits per heavy atom. The highest BCUT2D eigenvalue weighted by molar-refractivity contribution is 7.16. The summed E-state index contributed by atoms with van der Waals surface area (Å²) in [5.41, 5.74) is 0. The summed E-state index contributed by atoms with van der Waals surface area (Å²) in [7, 11) is 1.60. The number of halogens is 1. The summed E-state index contributed by atoms with van der Waals surface area (Å²) in [6.07, 6.45) is -0.914. The SMILES string of the molecule is CO[C@H](CNC(=O)[C@H]1COc2ccccc2O1)c1ccc(Cl)s1. The standard InChI is InChI=1S/C16H16ClNO4S/c1-20-12(14-6-7-15(17)23-14)8-18-16(19)13-9-21-10-4-2-3-5-11(10)22-13/h2-7,12-13H,8-9H2,1H3,(H,18,19)/t12-,13-/m1/s1. The van der Waals surface area contributed by atoms with Gasteiger partial charge in [-0.3, -0.25) is 4.79 Å². The van der Waals surface area contributed by atoms with Crippen molar-refractivity contribution in [3.8, 4) is 11.5 Å². The Labute approximate surface area is 143 Å². The fraction of sp³-hybridized carbons (Fsp3) is 0.312. The monoisotopic (exact) mass is 353 g/mol. The van der Waals surface area contributed by atoms with Crippen LogP contribution in [0.5, 0.6) is 11.5 Å². The van der Waals surface area contributed by atoms with Gasteiger partial charge in [-0.15, -0.1) is 11.3 Å². The van der Waals surface area contributed by atoms with Crippen molar-refractivity contribution in [1.82, 2.24) is 5.32 Å².